The number of halogens is 1. The first-order valence-corrected chi connectivity index (χ1v) is 8.18. The number of rotatable bonds is 8. The van der Waals surface area contributed by atoms with Gasteiger partial charge in [0, 0.05) is 11.6 Å². The number of nitrogens with one attached hydrogen (secondary N) is 1. The molecule has 3 heteroatoms. The van der Waals surface area contributed by atoms with E-state index >= 15 is 0 Å². The van der Waals surface area contributed by atoms with E-state index in [-0.39, 0.29) is 0 Å². The van der Waals surface area contributed by atoms with E-state index in [4.69, 9.17) is 16.3 Å². The summed E-state index contributed by atoms with van der Waals surface area (Å²) >= 11 is 5.88. The molecule has 2 nitrogen and oxygen atoms in total. The van der Waals surface area contributed by atoms with Crippen LogP contribution in [-0.2, 0) is 13.2 Å². The zero-order chi connectivity index (χ0) is 15.8. The molecule has 2 aromatic rings. The molecule has 2 aromatic carbocycles. The summed E-state index contributed by atoms with van der Waals surface area (Å²) in [6.45, 7) is 6.97. The summed E-state index contributed by atoms with van der Waals surface area (Å²) in [5, 5.41) is 4.22. The SMILES string of the molecule is CC(C)CCNCc1cccc(OCc2ccc(Cl)cc2)c1. The van der Waals surface area contributed by atoms with Crippen LogP contribution < -0.4 is 10.1 Å². The average Bonchev–Trinajstić information content (AvgIpc) is 2.51. The number of hydrogen-bond donors (Lipinski definition) is 1. The summed E-state index contributed by atoms with van der Waals surface area (Å²) in [5.41, 5.74) is 2.36. The predicted octanol–water partition coefficient (Wildman–Crippen LogP) is 5.05. The van der Waals surface area contributed by atoms with Gasteiger partial charge in [0.15, 0.2) is 0 Å². The van der Waals surface area contributed by atoms with E-state index in [9.17, 15) is 0 Å². The largest absolute Gasteiger partial charge is 0.489 e. The van der Waals surface area contributed by atoms with E-state index in [1.54, 1.807) is 0 Å². The lowest BCUT2D eigenvalue weighted by Crippen LogP contribution is -2.16. The molecule has 0 aliphatic heterocycles. The Morgan fingerprint density at radius 2 is 1.82 bits per heavy atom. The maximum Gasteiger partial charge on any atom is 0.120 e. The summed E-state index contributed by atoms with van der Waals surface area (Å²) in [4.78, 5) is 0. The van der Waals surface area contributed by atoms with Gasteiger partial charge in [0.2, 0.25) is 0 Å². The third kappa shape index (κ3) is 6.08. The van der Waals surface area contributed by atoms with Crippen molar-refractivity contribution in [2.24, 2.45) is 5.92 Å². The molecule has 0 saturated carbocycles. The van der Waals surface area contributed by atoms with Crippen molar-refractivity contribution in [1.82, 2.24) is 5.32 Å². The van der Waals surface area contributed by atoms with Gasteiger partial charge in [0.25, 0.3) is 0 Å². The third-order valence-electron chi connectivity index (χ3n) is 3.44. The lowest BCUT2D eigenvalue weighted by Gasteiger charge is -2.10. The zero-order valence-electron chi connectivity index (χ0n) is 13.3. The molecule has 0 aromatic heterocycles. The molecule has 118 valence electrons. The molecule has 0 aliphatic carbocycles. The fourth-order valence-electron chi connectivity index (χ4n) is 2.12. The molecular weight excluding hydrogens is 294 g/mol. The number of hydrogen-bond acceptors (Lipinski definition) is 2. The Balaban J connectivity index is 1.81. The van der Waals surface area contributed by atoms with Crippen molar-refractivity contribution in [3.63, 3.8) is 0 Å². The summed E-state index contributed by atoms with van der Waals surface area (Å²) in [6.07, 6.45) is 1.20. The number of ether oxygens (including phenoxy) is 1. The molecule has 0 aliphatic rings. The van der Waals surface area contributed by atoms with Gasteiger partial charge >= 0.3 is 0 Å². The van der Waals surface area contributed by atoms with Gasteiger partial charge in [-0.25, -0.2) is 0 Å². The molecule has 0 fully saturated rings. The highest BCUT2D eigenvalue weighted by atomic mass is 35.5. The molecule has 1 N–H and O–H groups in total. The summed E-state index contributed by atoms with van der Waals surface area (Å²) in [7, 11) is 0. The molecule has 22 heavy (non-hydrogen) atoms. The second-order valence-corrected chi connectivity index (χ2v) is 6.36. The highest BCUT2D eigenvalue weighted by Gasteiger charge is 1.99. The van der Waals surface area contributed by atoms with E-state index in [1.165, 1.54) is 12.0 Å². The molecule has 0 amide bonds. The molecule has 0 saturated heterocycles. The van der Waals surface area contributed by atoms with Crippen molar-refractivity contribution in [2.75, 3.05) is 6.54 Å². The van der Waals surface area contributed by atoms with Crippen LogP contribution in [0, 0.1) is 5.92 Å². The smallest absolute Gasteiger partial charge is 0.120 e. The van der Waals surface area contributed by atoms with Gasteiger partial charge in [-0.2, -0.15) is 0 Å². The first kappa shape index (κ1) is 16.9. The van der Waals surface area contributed by atoms with Crippen LogP contribution in [0.2, 0.25) is 5.02 Å². The third-order valence-corrected chi connectivity index (χ3v) is 3.70. The molecular formula is C19H24ClNO. The van der Waals surface area contributed by atoms with E-state index in [2.05, 4.69) is 31.3 Å². The maximum absolute atomic E-state index is 5.88. The quantitative estimate of drug-likeness (QED) is 0.687. The fourth-order valence-corrected chi connectivity index (χ4v) is 2.24. The van der Waals surface area contributed by atoms with Crippen LogP contribution in [0.25, 0.3) is 0 Å². The van der Waals surface area contributed by atoms with Gasteiger partial charge in [0.05, 0.1) is 0 Å². The van der Waals surface area contributed by atoms with E-state index in [0.29, 0.717) is 6.61 Å². The van der Waals surface area contributed by atoms with Crippen LogP contribution in [-0.4, -0.2) is 6.54 Å². The minimum atomic E-state index is 0.557. The lowest BCUT2D eigenvalue weighted by molar-refractivity contribution is 0.306. The minimum absolute atomic E-state index is 0.557. The van der Waals surface area contributed by atoms with Gasteiger partial charge in [0.1, 0.15) is 12.4 Å². The van der Waals surface area contributed by atoms with Crippen molar-refractivity contribution < 1.29 is 4.74 Å². The Kier molecular flexibility index (Phi) is 6.75. The Morgan fingerprint density at radius 1 is 1.05 bits per heavy atom. The van der Waals surface area contributed by atoms with E-state index in [0.717, 1.165) is 35.3 Å². The molecule has 0 radical (unpaired) electrons. The van der Waals surface area contributed by atoms with Crippen molar-refractivity contribution >= 4 is 11.6 Å². The number of benzene rings is 2. The van der Waals surface area contributed by atoms with E-state index < -0.39 is 0 Å². The maximum atomic E-state index is 5.88. The Hall–Kier alpha value is -1.51. The molecule has 2 rings (SSSR count). The Bertz CT molecular complexity index is 566. The van der Waals surface area contributed by atoms with Crippen LogP contribution in [0.4, 0.5) is 0 Å². The second-order valence-electron chi connectivity index (χ2n) is 5.92. The average molecular weight is 318 g/mol. The Morgan fingerprint density at radius 3 is 2.55 bits per heavy atom. The normalized spacial score (nSPS) is 10.9. The molecule has 0 bridgehead atoms. The van der Waals surface area contributed by atoms with Crippen molar-refractivity contribution in [2.45, 2.75) is 33.4 Å². The van der Waals surface area contributed by atoms with E-state index in [1.807, 2.05) is 36.4 Å². The summed E-state index contributed by atoms with van der Waals surface area (Å²) in [5.74, 6) is 1.64. The van der Waals surface area contributed by atoms with Crippen LogP contribution in [0.1, 0.15) is 31.4 Å². The van der Waals surface area contributed by atoms with Gasteiger partial charge in [-0.15, -0.1) is 0 Å². The van der Waals surface area contributed by atoms with Crippen molar-refractivity contribution in [3.8, 4) is 5.75 Å². The highest BCUT2D eigenvalue weighted by Crippen LogP contribution is 2.16. The molecule has 0 unspecified atom stereocenters. The van der Waals surface area contributed by atoms with Crippen molar-refractivity contribution in [3.05, 3.63) is 64.7 Å². The van der Waals surface area contributed by atoms with Gasteiger partial charge < -0.3 is 10.1 Å². The predicted molar refractivity (Wildman–Crippen MR) is 93.4 cm³/mol. The van der Waals surface area contributed by atoms with Crippen molar-refractivity contribution in [1.29, 1.82) is 0 Å². The molecule has 0 spiro atoms. The monoisotopic (exact) mass is 317 g/mol. The highest BCUT2D eigenvalue weighted by molar-refractivity contribution is 6.30. The van der Waals surface area contributed by atoms with Crippen LogP contribution in [0.15, 0.2) is 48.5 Å². The summed E-state index contributed by atoms with van der Waals surface area (Å²) < 4.78 is 5.85. The zero-order valence-corrected chi connectivity index (χ0v) is 14.1. The summed E-state index contributed by atoms with van der Waals surface area (Å²) in [6, 6.07) is 16.0. The van der Waals surface area contributed by atoms with Crippen LogP contribution >= 0.6 is 11.6 Å². The van der Waals surface area contributed by atoms with Gasteiger partial charge in [-0.3, -0.25) is 0 Å². The van der Waals surface area contributed by atoms with Crippen LogP contribution in [0.5, 0.6) is 5.75 Å². The second kappa shape index (κ2) is 8.82. The molecule has 0 heterocycles. The van der Waals surface area contributed by atoms with Gasteiger partial charge in [-0.05, 0) is 54.3 Å². The van der Waals surface area contributed by atoms with Gasteiger partial charge in [-0.1, -0.05) is 49.7 Å². The topological polar surface area (TPSA) is 21.3 Å². The first-order valence-electron chi connectivity index (χ1n) is 7.80. The fraction of sp³-hybridized carbons (Fsp3) is 0.368. The lowest BCUT2D eigenvalue weighted by atomic mass is 10.1. The molecule has 0 atom stereocenters. The minimum Gasteiger partial charge on any atom is -0.489 e. The first-order chi connectivity index (χ1) is 10.6. The Labute approximate surface area is 138 Å². The van der Waals surface area contributed by atoms with Crippen LogP contribution in [0.3, 0.4) is 0 Å². The standard InChI is InChI=1S/C19H24ClNO/c1-15(2)10-11-21-13-17-4-3-5-19(12-17)22-14-16-6-8-18(20)9-7-16/h3-9,12,15,21H,10-11,13-14H2,1-2H3.